The summed E-state index contributed by atoms with van der Waals surface area (Å²) >= 11 is 0. The van der Waals surface area contributed by atoms with Gasteiger partial charge in [-0.15, -0.1) is 0 Å². The molecule has 5 nitrogen and oxygen atoms in total. The van der Waals surface area contributed by atoms with Crippen LogP contribution in [0.15, 0.2) is 29.2 Å². The Morgan fingerprint density at radius 2 is 2.10 bits per heavy atom. The van der Waals surface area contributed by atoms with Crippen LogP contribution in [-0.2, 0) is 10.0 Å². The third-order valence-electron chi connectivity index (χ3n) is 3.95. The molecule has 114 valence electrons. The molecule has 21 heavy (non-hydrogen) atoms. The second-order valence-electron chi connectivity index (χ2n) is 5.89. The number of nitrogens with one attached hydrogen (secondary N) is 1. The van der Waals surface area contributed by atoms with Crippen LogP contribution in [0.5, 0.6) is 0 Å². The summed E-state index contributed by atoms with van der Waals surface area (Å²) in [6.45, 7) is 2.10. The number of sulfonamides is 1. The van der Waals surface area contributed by atoms with Gasteiger partial charge in [-0.2, -0.15) is 5.26 Å². The van der Waals surface area contributed by atoms with Crippen molar-refractivity contribution < 1.29 is 13.5 Å². The largest absolute Gasteiger partial charge is 0.389 e. The lowest BCUT2D eigenvalue weighted by atomic mass is 9.79. The topological polar surface area (TPSA) is 90.2 Å². The molecule has 1 aliphatic carbocycles. The molecule has 2 N–H and O–H groups in total. The Bertz CT molecular complexity index is 634. The van der Waals surface area contributed by atoms with E-state index in [0.29, 0.717) is 24.3 Å². The lowest BCUT2D eigenvalue weighted by Gasteiger charge is -2.35. The molecular formula is C15H20N2O3S. The van der Waals surface area contributed by atoms with Crippen LogP contribution in [-0.4, -0.2) is 25.7 Å². The van der Waals surface area contributed by atoms with Crippen LogP contribution >= 0.6 is 0 Å². The van der Waals surface area contributed by atoms with E-state index < -0.39 is 15.6 Å². The highest BCUT2D eigenvalue weighted by Gasteiger charge is 2.33. The third-order valence-corrected chi connectivity index (χ3v) is 5.37. The fourth-order valence-corrected chi connectivity index (χ4v) is 3.93. The van der Waals surface area contributed by atoms with Crippen molar-refractivity contribution in [1.82, 2.24) is 4.72 Å². The standard InChI is InChI=1S/C15H20N2O3S/c1-12-3-2-8-15(18,9-12)11-17-21(19,20)14-6-4-13(10-16)5-7-14/h4-7,12,17-18H,2-3,8-9,11H2,1H3. The molecule has 0 heterocycles. The SMILES string of the molecule is CC1CCCC(O)(CNS(=O)(=O)c2ccc(C#N)cc2)C1. The summed E-state index contributed by atoms with van der Waals surface area (Å²) in [6.07, 6.45) is 3.22. The second-order valence-corrected chi connectivity index (χ2v) is 7.65. The summed E-state index contributed by atoms with van der Waals surface area (Å²) in [7, 11) is -3.66. The van der Waals surface area contributed by atoms with Gasteiger partial charge in [-0.05, 0) is 43.0 Å². The van der Waals surface area contributed by atoms with Crippen LogP contribution < -0.4 is 4.72 Å². The van der Waals surface area contributed by atoms with Crippen molar-refractivity contribution in [2.75, 3.05) is 6.54 Å². The minimum Gasteiger partial charge on any atom is -0.389 e. The van der Waals surface area contributed by atoms with Crippen LogP contribution in [0.3, 0.4) is 0 Å². The summed E-state index contributed by atoms with van der Waals surface area (Å²) < 4.78 is 26.9. The molecule has 1 aromatic carbocycles. The van der Waals surface area contributed by atoms with E-state index in [1.54, 1.807) is 0 Å². The van der Waals surface area contributed by atoms with Gasteiger partial charge in [-0.3, -0.25) is 0 Å². The van der Waals surface area contributed by atoms with Gasteiger partial charge in [0.05, 0.1) is 22.1 Å². The Morgan fingerprint density at radius 1 is 1.43 bits per heavy atom. The zero-order valence-electron chi connectivity index (χ0n) is 12.0. The minimum absolute atomic E-state index is 0.0275. The predicted octanol–water partition coefficient (Wildman–Crippen LogP) is 1.78. The molecular weight excluding hydrogens is 288 g/mol. The van der Waals surface area contributed by atoms with Crippen LogP contribution in [0.1, 0.15) is 38.2 Å². The van der Waals surface area contributed by atoms with Crippen LogP contribution in [0.4, 0.5) is 0 Å². The molecule has 0 bridgehead atoms. The first-order valence-electron chi connectivity index (χ1n) is 7.07. The number of nitrogens with zero attached hydrogens (tertiary/aromatic N) is 1. The molecule has 0 aliphatic heterocycles. The summed E-state index contributed by atoms with van der Waals surface area (Å²) in [5.41, 5.74) is -0.550. The number of nitriles is 1. The Hall–Kier alpha value is -1.42. The number of hydrogen-bond acceptors (Lipinski definition) is 4. The van der Waals surface area contributed by atoms with Gasteiger partial charge in [0.25, 0.3) is 0 Å². The first kappa shape index (κ1) is 16.0. The summed E-state index contributed by atoms with van der Waals surface area (Å²) in [6, 6.07) is 7.67. The van der Waals surface area contributed by atoms with Gasteiger partial charge in [0.2, 0.25) is 10.0 Å². The van der Waals surface area contributed by atoms with Gasteiger partial charge in [-0.25, -0.2) is 13.1 Å². The van der Waals surface area contributed by atoms with Gasteiger partial charge in [0.15, 0.2) is 0 Å². The van der Waals surface area contributed by atoms with Gasteiger partial charge >= 0.3 is 0 Å². The van der Waals surface area contributed by atoms with Crippen molar-refractivity contribution >= 4 is 10.0 Å². The van der Waals surface area contributed by atoms with E-state index in [-0.39, 0.29) is 11.4 Å². The first-order chi connectivity index (χ1) is 9.85. The molecule has 1 aliphatic rings. The van der Waals surface area contributed by atoms with Crippen molar-refractivity contribution in [3.63, 3.8) is 0 Å². The highest BCUT2D eigenvalue weighted by atomic mass is 32.2. The van der Waals surface area contributed by atoms with Crippen molar-refractivity contribution in [3.8, 4) is 6.07 Å². The molecule has 0 aromatic heterocycles. The maximum Gasteiger partial charge on any atom is 0.240 e. The Kier molecular flexibility index (Phi) is 4.67. The lowest BCUT2D eigenvalue weighted by Crippen LogP contribution is -2.45. The van der Waals surface area contributed by atoms with E-state index in [1.165, 1.54) is 24.3 Å². The number of hydrogen-bond donors (Lipinski definition) is 2. The average molecular weight is 308 g/mol. The van der Waals surface area contributed by atoms with Crippen molar-refractivity contribution in [3.05, 3.63) is 29.8 Å². The number of rotatable bonds is 4. The molecule has 0 saturated heterocycles. The van der Waals surface area contributed by atoms with E-state index >= 15 is 0 Å². The zero-order chi connectivity index (χ0) is 15.5. The third kappa shape index (κ3) is 4.03. The van der Waals surface area contributed by atoms with Crippen LogP contribution in [0, 0.1) is 17.2 Å². The molecule has 2 atom stereocenters. The monoisotopic (exact) mass is 308 g/mol. The van der Waals surface area contributed by atoms with Crippen LogP contribution in [0.2, 0.25) is 0 Å². The fourth-order valence-electron chi connectivity index (χ4n) is 2.81. The van der Waals surface area contributed by atoms with Crippen molar-refractivity contribution in [2.24, 2.45) is 5.92 Å². The molecule has 1 aromatic rings. The van der Waals surface area contributed by atoms with E-state index in [1.807, 2.05) is 6.07 Å². The fraction of sp³-hybridized carbons (Fsp3) is 0.533. The van der Waals surface area contributed by atoms with Gasteiger partial charge < -0.3 is 5.11 Å². The quantitative estimate of drug-likeness (QED) is 0.887. The Morgan fingerprint density at radius 3 is 2.67 bits per heavy atom. The number of benzene rings is 1. The van der Waals surface area contributed by atoms with Gasteiger partial charge in [-0.1, -0.05) is 19.8 Å². The van der Waals surface area contributed by atoms with E-state index in [2.05, 4.69) is 11.6 Å². The van der Waals surface area contributed by atoms with E-state index in [0.717, 1.165) is 12.8 Å². The Balaban J connectivity index is 2.05. The predicted molar refractivity (Wildman–Crippen MR) is 78.9 cm³/mol. The summed E-state index contributed by atoms with van der Waals surface area (Å²) in [4.78, 5) is 0.106. The first-order valence-corrected chi connectivity index (χ1v) is 8.55. The average Bonchev–Trinajstić information content (AvgIpc) is 2.45. The smallest absolute Gasteiger partial charge is 0.240 e. The Labute approximate surface area is 125 Å². The molecule has 1 fully saturated rings. The molecule has 2 unspecified atom stereocenters. The number of aliphatic hydroxyl groups is 1. The minimum atomic E-state index is -3.66. The maximum absolute atomic E-state index is 12.2. The lowest BCUT2D eigenvalue weighted by molar-refractivity contribution is -0.00751. The molecule has 0 spiro atoms. The molecule has 0 radical (unpaired) electrons. The summed E-state index contributed by atoms with van der Waals surface area (Å²) in [5.74, 6) is 0.406. The zero-order valence-corrected chi connectivity index (χ0v) is 12.9. The molecule has 0 amide bonds. The maximum atomic E-state index is 12.2. The molecule has 2 rings (SSSR count). The van der Waals surface area contributed by atoms with Crippen molar-refractivity contribution in [2.45, 2.75) is 43.1 Å². The van der Waals surface area contributed by atoms with Gasteiger partial charge in [0.1, 0.15) is 0 Å². The van der Waals surface area contributed by atoms with E-state index in [4.69, 9.17) is 5.26 Å². The van der Waals surface area contributed by atoms with Crippen molar-refractivity contribution in [1.29, 1.82) is 5.26 Å². The van der Waals surface area contributed by atoms with Crippen LogP contribution in [0.25, 0.3) is 0 Å². The molecule has 1 saturated carbocycles. The normalized spacial score (nSPS) is 26.2. The summed E-state index contributed by atoms with van der Waals surface area (Å²) in [5, 5.41) is 19.2. The van der Waals surface area contributed by atoms with Gasteiger partial charge in [0, 0.05) is 6.54 Å². The second kappa shape index (κ2) is 6.14. The molecule has 6 heteroatoms. The highest BCUT2D eigenvalue weighted by molar-refractivity contribution is 7.89. The van der Waals surface area contributed by atoms with E-state index in [9.17, 15) is 13.5 Å². The highest BCUT2D eigenvalue weighted by Crippen LogP contribution is 2.31.